The van der Waals surface area contributed by atoms with Gasteiger partial charge in [0.1, 0.15) is 0 Å². The van der Waals surface area contributed by atoms with E-state index < -0.39 is 8.80 Å². The first-order chi connectivity index (χ1) is 8.18. The molecule has 1 aliphatic carbocycles. The fourth-order valence-electron chi connectivity index (χ4n) is 3.19. The van der Waals surface area contributed by atoms with Crippen LogP contribution in [0.3, 0.4) is 0 Å². The quantitative estimate of drug-likeness (QED) is 0.647. The van der Waals surface area contributed by atoms with E-state index in [1.807, 2.05) is 0 Å². The smallest absolute Gasteiger partial charge is 0.0439 e. The molecule has 0 aromatic heterocycles. The van der Waals surface area contributed by atoms with Gasteiger partial charge >= 0.3 is 0 Å². The Morgan fingerprint density at radius 2 is 1.76 bits per heavy atom. The van der Waals surface area contributed by atoms with Crippen molar-refractivity contribution in [1.29, 1.82) is 0 Å². The van der Waals surface area contributed by atoms with E-state index in [-0.39, 0.29) is 0 Å². The van der Waals surface area contributed by atoms with Crippen LogP contribution in [-0.2, 0) is 0 Å². The van der Waals surface area contributed by atoms with Crippen LogP contribution in [0.5, 0.6) is 0 Å². The van der Waals surface area contributed by atoms with Crippen LogP contribution in [0.1, 0.15) is 23.6 Å². The Kier molecular flexibility index (Phi) is 2.44. The molecule has 0 bridgehead atoms. The van der Waals surface area contributed by atoms with Crippen molar-refractivity contribution in [3.05, 3.63) is 53.1 Å². The average molecular weight is 238 g/mol. The number of benzene rings is 2. The van der Waals surface area contributed by atoms with E-state index >= 15 is 0 Å². The van der Waals surface area contributed by atoms with Gasteiger partial charge in [-0.2, -0.15) is 0 Å². The molecule has 0 saturated heterocycles. The molecular weight excluding hydrogens is 220 g/mol. The van der Waals surface area contributed by atoms with Crippen molar-refractivity contribution in [1.82, 2.24) is 0 Å². The molecule has 0 nitrogen and oxygen atoms in total. The number of hydrogen-bond donors (Lipinski definition) is 0. The summed E-state index contributed by atoms with van der Waals surface area (Å²) in [6, 6.07) is 13.4. The molecule has 0 spiro atoms. The minimum atomic E-state index is -0.667. The summed E-state index contributed by atoms with van der Waals surface area (Å²) in [5.74, 6) is 0. The summed E-state index contributed by atoms with van der Waals surface area (Å²) in [6.07, 6.45) is 2.41. The lowest BCUT2D eigenvalue weighted by atomic mass is 10.0. The topological polar surface area (TPSA) is 0 Å². The fourth-order valence-corrected chi connectivity index (χ4v) is 5.35. The Balaban J connectivity index is 2.30. The van der Waals surface area contributed by atoms with Crippen LogP contribution >= 0.6 is 0 Å². The molecule has 86 valence electrons. The lowest BCUT2D eigenvalue weighted by Gasteiger charge is -2.18. The third-order valence-electron chi connectivity index (χ3n) is 3.87. The molecule has 3 rings (SSSR count). The number of rotatable bonds is 1. The molecule has 2 aromatic rings. The monoisotopic (exact) mass is 238 g/mol. The van der Waals surface area contributed by atoms with Crippen molar-refractivity contribution in [2.24, 2.45) is 0 Å². The Morgan fingerprint density at radius 3 is 2.53 bits per heavy atom. The molecule has 0 aliphatic heterocycles. The van der Waals surface area contributed by atoms with Crippen molar-refractivity contribution in [2.45, 2.75) is 25.6 Å². The van der Waals surface area contributed by atoms with E-state index in [0.29, 0.717) is 0 Å². The summed E-state index contributed by atoms with van der Waals surface area (Å²) in [4.78, 5) is 0. The second kappa shape index (κ2) is 3.85. The summed E-state index contributed by atoms with van der Waals surface area (Å²) in [7, 11) is -0.667. The number of fused-ring (bicyclic) bond motifs is 3. The van der Waals surface area contributed by atoms with Gasteiger partial charge < -0.3 is 0 Å². The van der Waals surface area contributed by atoms with Crippen molar-refractivity contribution < 1.29 is 0 Å². The van der Waals surface area contributed by atoms with Crippen LogP contribution in [0.4, 0.5) is 0 Å². The maximum Gasteiger partial charge on any atom is 0.0439 e. The van der Waals surface area contributed by atoms with Gasteiger partial charge in [0.2, 0.25) is 0 Å². The molecule has 0 saturated carbocycles. The van der Waals surface area contributed by atoms with Crippen LogP contribution in [0, 0.1) is 0 Å². The van der Waals surface area contributed by atoms with Crippen LogP contribution < -0.4 is 0 Å². The second-order valence-electron chi connectivity index (χ2n) is 5.40. The van der Waals surface area contributed by atoms with E-state index in [1.165, 1.54) is 16.3 Å². The first kappa shape index (κ1) is 10.8. The normalized spacial score (nSPS) is 18.6. The zero-order chi connectivity index (χ0) is 12.0. The molecule has 1 unspecified atom stereocenters. The van der Waals surface area contributed by atoms with E-state index in [0.717, 1.165) is 5.54 Å². The van der Waals surface area contributed by atoms with Gasteiger partial charge in [0, 0.05) is 8.80 Å². The van der Waals surface area contributed by atoms with Crippen LogP contribution in [-0.4, -0.2) is 8.80 Å². The van der Waals surface area contributed by atoms with Gasteiger partial charge in [0.25, 0.3) is 0 Å². The van der Waals surface area contributed by atoms with Crippen molar-refractivity contribution in [2.75, 3.05) is 0 Å². The van der Waals surface area contributed by atoms with Crippen LogP contribution in [0.2, 0.25) is 13.1 Å². The minimum absolute atomic E-state index is 0.667. The first-order valence-electron chi connectivity index (χ1n) is 6.38. The summed E-state index contributed by atoms with van der Waals surface area (Å²) in [5, 5.41) is 2.78. The minimum Gasteiger partial charge on any atom is -0.0714 e. The molecule has 0 radical (unpaired) electrons. The zero-order valence-electron chi connectivity index (χ0n) is 10.7. The summed E-state index contributed by atoms with van der Waals surface area (Å²) in [5.41, 5.74) is 5.36. The largest absolute Gasteiger partial charge is 0.0714 e. The SMILES string of the molecule is CC1=Cc2c(ccc3ccccc23)C1[SiH](C)C. The Morgan fingerprint density at radius 1 is 1.00 bits per heavy atom. The van der Waals surface area contributed by atoms with Crippen LogP contribution in [0.25, 0.3) is 16.8 Å². The predicted octanol–water partition coefficient (Wildman–Crippen LogP) is 4.37. The number of hydrogen-bond acceptors (Lipinski definition) is 0. The van der Waals surface area contributed by atoms with Crippen LogP contribution in [0.15, 0.2) is 42.0 Å². The maximum absolute atomic E-state index is 2.45. The van der Waals surface area contributed by atoms with E-state index in [9.17, 15) is 0 Å². The van der Waals surface area contributed by atoms with E-state index in [4.69, 9.17) is 0 Å². The van der Waals surface area contributed by atoms with Gasteiger partial charge in [0.05, 0.1) is 0 Å². The van der Waals surface area contributed by atoms with Gasteiger partial charge in [-0.15, -0.1) is 0 Å². The van der Waals surface area contributed by atoms with Crippen molar-refractivity contribution in [3.63, 3.8) is 0 Å². The van der Waals surface area contributed by atoms with Gasteiger partial charge in [-0.1, -0.05) is 61.1 Å². The zero-order valence-corrected chi connectivity index (χ0v) is 11.9. The highest BCUT2D eigenvalue weighted by Crippen LogP contribution is 2.40. The average Bonchev–Trinajstić information content (AvgIpc) is 2.65. The number of allylic oxidation sites excluding steroid dienone is 1. The standard InChI is InChI=1S/C16H18Si/c1-11-10-15-13-7-5-4-6-12(13)8-9-14(15)16(11)17(2)3/h4-10,16-17H,1-3H3. The third-order valence-corrected chi connectivity index (χ3v) is 6.09. The highest BCUT2D eigenvalue weighted by Gasteiger charge is 2.26. The molecule has 1 atom stereocenters. The molecule has 0 amide bonds. The molecule has 2 aromatic carbocycles. The van der Waals surface area contributed by atoms with Gasteiger partial charge in [-0.3, -0.25) is 0 Å². The molecule has 1 heteroatoms. The summed E-state index contributed by atoms with van der Waals surface area (Å²) >= 11 is 0. The van der Waals surface area contributed by atoms with Crippen molar-refractivity contribution >= 4 is 25.6 Å². The molecule has 0 N–H and O–H groups in total. The maximum atomic E-state index is 2.45. The Hall–Kier alpha value is -1.34. The highest BCUT2D eigenvalue weighted by atomic mass is 28.3. The molecule has 0 fully saturated rings. The molecule has 0 heterocycles. The summed E-state index contributed by atoms with van der Waals surface area (Å²) < 4.78 is 0. The highest BCUT2D eigenvalue weighted by molar-refractivity contribution is 6.58. The third kappa shape index (κ3) is 1.57. The fraction of sp³-hybridized carbons (Fsp3) is 0.250. The second-order valence-corrected chi connectivity index (χ2v) is 8.55. The van der Waals surface area contributed by atoms with Crippen molar-refractivity contribution in [3.8, 4) is 0 Å². The van der Waals surface area contributed by atoms with E-state index in [1.54, 1.807) is 11.1 Å². The van der Waals surface area contributed by atoms with Gasteiger partial charge in [-0.25, -0.2) is 0 Å². The molecule has 1 aliphatic rings. The Bertz CT molecular complexity index is 608. The lowest BCUT2D eigenvalue weighted by molar-refractivity contribution is 1.11. The van der Waals surface area contributed by atoms with Gasteiger partial charge in [-0.05, 0) is 34.4 Å². The lowest BCUT2D eigenvalue weighted by Crippen LogP contribution is -2.15. The van der Waals surface area contributed by atoms with E-state index in [2.05, 4.69) is 62.5 Å². The first-order valence-corrected chi connectivity index (χ1v) is 9.36. The molecule has 17 heavy (non-hydrogen) atoms. The molecular formula is C16H18Si. The Labute approximate surface area is 105 Å². The summed E-state index contributed by atoms with van der Waals surface area (Å²) in [6.45, 7) is 7.20. The van der Waals surface area contributed by atoms with Gasteiger partial charge in [0.15, 0.2) is 0 Å². The predicted molar refractivity (Wildman–Crippen MR) is 79.2 cm³/mol.